The van der Waals surface area contributed by atoms with E-state index in [0.29, 0.717) is 0 Å². The van der Waals surface area contributed by atoms with E-state index >= 15 is 0 Å². The van der Waals surface area contributed by atoms with Crippen molar-refractivity contribution in [3.05, 3.63) is 0 Å². The molecule has 13 heavy (non-hydrogen) atoms. The lowest BCUT2D eigenvalue weighted by Gasteiger charge is -2.17. The average Bonchev–Trinajstić information content (AvgIpc) is 2.72. The van der Waals surface area contributed by atoms with E-state index in [-0.39, 0.29) is 12.1 Å². The molecule has 0 aliphatic carbocycles. The van der Waals surface area contributed by atoms with Gasteiger partial charge < -0.3 is 15.7 Å². The first-order valence-corrected chi connectivity index (χ1v) is 6.15. The predicted molar refractivity (Wildman–Crippen MR) is 56.1 cm³/mol. The van der Waals surface area contributed by atoms with Crippen LogP contribution < -0.4 is 10.6 Å². The smallest absolute Gasteiger partial charge is 0.0829 e. The van der Waals surface area contributed by atoms with Crippen molar-refractivity contribution in [1.29, 1.82) is 0 Å². The summed E-state index contributed by atoms with van der Waals surface area (Å²) in [6.07, 6.45) is 2.52. The van der Waals surface area contributed by atoms with E-state index in [1.807, 2.05) is 0 Å². The lowest BCUT2D eigenvalue weighted by Crippen LogP contribution is -2.41. The number of hydrogen-bond donors (Lipinski definition) is 3. The van der Waals surface area contributed by atoms with Gasteiger partial charge in [0.1, 0.15) is 0 Å². The van der Waals surface area contributed by atoms with E-state index in [0.717, 1.165) is 24.9 Å². The largest absolute Gasteiger partial charge is 0.390 e. The van der Waals surface area contributed by atoms with Crippen LogP contribution in [0, 0.1) is 0 Å². The quantitative estimate of drug-likeness (QED) is 0.593. The molecule has 0 aromatic rings. The summed E-state index contributed by atoms with van der Waals surface area (Å²) in [4.78, 5) is 0. The average molecular weight is 202 g/mol. The summed E-state index contributed by atoms with van der Waals surface area (Å²) < 4.78 is 0. The molecule has 2 saturated heterocycles. The summed E-state index contributed by atoms with van der Waals surface area (Å²) in [6, 6.07) is 0.279. The number of rotatable bonds is 3. The fourth-order valence-corrected chi connectivity index (χ4v) is 3.18. The van der Waals surface area contributed by atoms with Crippen molar-refractivity contribution in [1.82, 2.24) is 10.6 Å². The van der Waals surface area contributed by atoms with Crippen LogP contribution in [0.4, 0.5) is 0 Å². The minimum atomic E-state index is -0.189. The second-order valence-electron chi connectivity index (χ2n) is 3.88. The Kier molecular flexibility index (Phi) is 3.49. The molecule has 2 aliphatic rings. The summed E-state index contributed by atoms with van der Waals surface area (Å²) in [6.45, 7) is 2.72. The first-order chi connectivity index (χ1) is 6.36. The molecule has 0 amide bonds. The molecule has 3 atom stereocenters. The summed E-state index contributed by atoms with van der Waals surface area (Å²) in [7, 11) is 0. The first-order valence-electron chi connectivity index (χ1n) is 5.10. The van der Waals surface area contributed by atoms with Crippen LogP contribution >= 0.6 is 11.8 Å². The highest BCUT2D eigenvalue weighted by Gasteiger charge is 2.25. The van der Waals surface area contributed by atoms with E-state index in [1.165, 1.54) is 18.6 Å². The maximum atomic E-state index is 9.53. The van der Waals surface area contributed by atoms with Gasteiger partial charge in [0.05, 0.1) is 6.10 Å². The molecule has 0 spiro atoms. The zero-order valence-corrected chi connectivity index (χ0v) is 8.65. The molecule has 2 aliphatic heterocycles. The van der Waals surface area contributed by atoms with E-state index < -0.39 is 0 Å². The minimum absolute atomic E-state index is 0.189. The van der Waals surface area contributed by atoms with Gasteiger partial charge in [0, 0.05) is 30.9 Å². The minimum Gasteiger partial charge on any atom is -0.390 e. The topological polar surface area (TPSA) is 44.3 Å². The van der Waals surface area contributed by atoms with Crippen molar-refractivity contribution in [2.75, 3.05) is 25.4 Å². The molecule has 2 heterocycles. The van der Waals surface area contributed by atoms with Crippen LogP contribution in [0.15, 0.2) is 0 Å². The van der Waals surface area contributed by atoms with Crippen molar-refractivity contribution in [2.24, 2.45) is 0 Å². The van der Waals surface area contributed by atoms with Gasteiger partial charge in [-0.2, -0.15) is 11.8 Å². The van der Waals surface area contributed by atoms with Crippen LogP contribution in [0.25, 0.3) is 0 Å². The molecule has 2 rings (SSSR count). The molecule has 3 nitrogen and oxygen atoms in total. The van der Waals surface area contributed by atoms with Crippen molar-refractivity contribution >= 4 is 11.8 Å². The second-order valence-corrected chi connectivity index (χ2v) is 5.28. The van der Waals surface area contributed by atoms with Crippen molar-refractivity contribution in [3.63, 3.8) is 0 Å². The van der Waals surface area contributed by atoms with E-state index in [1.54, 1.807) is 0 Å². The van der Waals surface area contributed by atoms with Crippen molar-refractivity contribution in [2.45, 2.75) is 30.2 Å². The zero-order chi connectivity index (χ0) is 9.10. The molecule has 0 aromatic carbocycles. The van der Waals surface area contributed by atoms with Gasteiger partial charge in [-0.15, -0.1) is 0 Å². The second kappa shape index (κ2) is 4.64. The van der Waals surface area contributed by atoms with Gasteiger partial charge in [-0.1, -0.05) is 0 Å². The highest BCUT2D eigenvalue weighted by atomic mass is 32.2. The third-order valence-electron chi connectivity index (χ3n) is 2.81. The van der Waals surface area contributed by atoms with E-state index in [9.17, 15) is 5.11 Å². The molecule has 3 N–H and O–H groups in total. The fourth-order valence-electron chi connectivity index (χ4n) is 1.96. The van der Waals surface area contributed by atoms with E-state index in [2.05, 4.69) is 22.4 Å². The van der Waals surface area contributed by atoms with Crippen LogP contribution in [0.2, 0.25) is 0 Å². The Hall–Kier alpha value is 0.230. The fraction of sp³-hybridized carbons (Fsp3) is 1.00. The highest BCUT2D eigenvalue weighted by Crippen LogP contribution is 2.25. The number of β-amino-alcohol motifs (C(OH)–C–C–N with tert-alkyl or cyclic N) is 1. The molecule has 0 saturated carbocycles. The van der Waals surface area contributed by atoms with Crippen LogP contribution in [-0.4, -0.2) is 47.9 Å². The normalized spacial score (nSPS) is 39.9. The van der Waals surface area contributed by atoms with Gasteiger partial charge in [-0.05, 0) is 18.6 Å². The standard InChI is InChI=1S/C9H18N2OS/c12-9-6-10-5-8(9)11-4-7-2-1-3-13-7/h7-12H,1-6H2/t7?,8-,9-/m1/s1. The Morgan fingerprint density at radius 1 is 1.46 bits per heavy atom. The highest BCUT2D eigenvalue weighted by molar-refractivity contribution is 8.00. The van der Waals surface area contributed by atoms with Crippen molar-refractivity contribution < 1.29 is 5.11 Å². The van der Waals surface area contributed by atoms with Gasteiger partial charge in [-0.25, -0.2) is 0 Å². The molecule has 0 radical (unpaired) electrons. The van der Waals surface area contributed by atoms with Crippen LogP contribution in [0.3, 0.4) is 0 Å². The molecule has 0 aromatic heterocycles. The number of nitrogens with one attached hydrogen (secondary N) is 2. The molecule has 1 unspecified atom stereocenters. The lowest BCUT2D eigenvalue weighted by atomic mass is 10.2. The number of thioether (sulfide) groups is 1. The summed E-state index contributed by atoms with van der Waals surface area (Å²) in [5.41, 5.74) is 0. The SMILES string of the molecule is O[C@@H]1CNC[C@H]1NCC1CCCS1. The Bertz CT molecular complexity index is 162. The summed E-state index contributed by atoms with van der Waals surface area (Å²) in [5, 5.41) is 16.9. The Balaban J connectivity index is 1.66. The maximum Gasteiger partial charge on any atom is 0.0829 e. The number of aliphatic hydroxyl groups is 1. The lowest BCUT2D eigenvalue weighted by molar-refractivity contribution is 0.163. The Labute approximate surface area is 83.7 Å². The zero-order valence-electron chi connectivity index (χ0n) is 7.83. The summed E-state index contributed by atoms with van der Waals surface area (Å²) in [5.74, 6) is 1.32. The Morgan fingerprint density at radius 2 is 2.38 bits per heavy atom. The third kappa shape index (κ3) is 2.59. The summed E-state index contributed by atoms with van der Waals surface area (Å²) >= 11 is 2.06. The monoisotopic (exact) mass is 202 g/mol. The van der Waals surface area contributed by atoms with Crippen molar-refractivity contribution in [3.8, 4) is 0 Å². The van der Waals surface area contributed by atoms with Gasteiger partial charge in [0.2, 0.25) is 0 Å². The molecule has 76 valence electrons. The molecule has 0 bridgehead atoms. The molecule has 2 fully saturated rings. The number of aliphatic hydroxyl groups excluding tert-OH is 1. The van der Waals surface area contributed by atoms with Crippen LogP contribution in [0.1, 0.15) is 12.8 Å². The van der Waals surface area contributed by atoms with Gasteiger partial charge in [0.25, 0.3) is 0 Å². The molecule has 4 heteroatoms. The predicted octanol–water partition coefficient (Wildman–Crippen LogP) is -0.196. The Morgan fingerprint density at radius 3 is 3.00 bits per heavy atom. The maximum absolute atomic E-state index is 9.53. The van der Waals surface area contributed by atoms with Gasteiger partial charge in [-0.3, -0.25) is 0 Å². The van der Waals surface area contributed by atoms with Gasteiger partial charge >= 0.3 is 0 Å². The third-order valence-corrected chi connectivity index (χ3v) is 4.21. The number of hydrogen-bond acceptors (Lipinski definition) is 4. The molecular weight excluding hydrogens is 184 g/mol. The van der Waals surface area contributed by atoms with E-state index in [4.69, 9.17) is 0 Å². The van der Waals surface area contributed by atoms with Crippen LogP contribution in [0.5, 0.6) is 0 Å². The van der Waals surface area contributed by atoms with Crippen LogP contribution in [-0.2, 0) is 0 Å². The molecular formula is C9H18N2OS. The van der Waals surface area contributed by atoms with Gasteiger partial charge in [0.15, 0.2) is 0 Å². The first kappa shape index (κ1) is 9.77.